The van der Waals surface area contributed by atoms with Gasteiger partial charge in [-0.1, -0.05) is 48.5 Å². The number of carbonyl (C=O) groups is 2. The van der Waals surface area contributed by atoms with Gasteiger partial charge >= 0.3 is 0 Å². The molecule has 7 nitrogen and oxygen atoms in total. The molecule has 3 aliphatic heterocycles. The Hall–Kier alpha value is -4.00. The minimum atomic E-state index is -0.172. The summed E-state index contributed by atoms with van der Waals surface area (Å²) >= 11 is 0. The first-order valence-corrected chi connectivity index (χ1v) is 12.2. The summed E-state index contributed by atoms with van der Waals surface area (Å²) in [6.07, 6.45) is 0.570. The van der Waals surface area contributed by atoms with Gasteiger partial charge in [0.05, 0.1) is 19.2 Å². The number of ether oxygens (including phenoxy) is 3. The fourth-order valence-electron chi connectivity index (χ4n) is 5.95. The molecule has 184 valence electrons. The highest BCUT2D eigenvalue weighted by atomic mass is 16.7. The molecule has 0 bridgehead atoms. The van der Waals surface area contributed by atoms with Gasteiger partial charge in [-0.3, -0.25) is 9.59 Å². The summed E-state index contributed by atoms with van der Waals surface area (Å²) in [4.78, 5) is 30.5. The Morgan fingerprint density at radius 3 is 2.58 bits per heavy atom. The molecule has 6 rings (SSSR count). The van der Waals surface area contributed by atoms with Crippen LogP contribution >= 0.6 is 0 Å². The van der Waals surface area contributed by atoms with E-state index in [1.165, 1.54) is 0 Å². The molecule has 0 spiro atoms. The molecule has 1 saturated heterocycles. The maximum atomic E-state index is 13.7. The zero-order valence-corrected chi connectivity index (χ0v) is 20.3. The standard InChI is InChI=1S/C29H28N2O5/c1-18(32)30-16-24-27(20-8-4-3-5-9-20)22-10-6-7-11-23(22)29(33)31(24)15-21(30)12-19-13-25(34-2)28-26(14-19)35-17-36-28/h3-11,13-14,21,24,27H,12,15-17H2,1-2H3/t21-,24+,27-/m0/s1. The Morgan fingerprint density at radius 1 is 1.03 bits per heavy atom. The smallest absolute Gasteiger partial charge is 0.254 e. The summed E-state index contributed by atoms with van der Waals surface area (Å²) < 4.78 is 16.7. The van der Waals surface area contributed by atoms with Crippen LogP contribution in [0.15, 0.2) is 66.7 Å². The lowest BCUT2D eigenvalue weighted by molar-refractivity contribution is -0.135. The molecule has 7 heteroatoms. The third kappa shape index (κ3) is 3.66. The molecule has 0 saturated carbocycles. The van der Waals surface area contributed by atoms with Gasteiger partial charge in [0.15, 0.2) is 11.5 Å². The molecule has 3 atom stereocenters. The lowest BCUT2D eigenvalue weighted by atomic mass is 9.77. The molecule has 3 aliphatic rings. The Morgan fingerprint density at radius 2 is 1.81 bits per heavy atom. The number of piperazine rings is 1. The fraction of sp³-hybridized carbons (Fsp3) is 0.310. The van der Waals surface area contributed by atoms with Gasteiger partial charge in [0.25, 0.3) is 5.91 Å². The van der Waals surface area contributed by atoms with Crippen molar-refractivity contribution < 1.29 is 23.8 Å². The molecule has 0 N–H and O–H groups in total. The molecular formula is C29H28N2O5. The fourth-order valence-corrected chi connectivity index (χ4v) is 5.95. The monoisotopic (exact) mass is 484 g/mol. The summed E-state index contributed by atoms with van der Waals surface area (Å²) in [6.45, 7) is 2.69. The van der Waals surface area contributed by atoms with Crippen molar-refractivity contribution in [2.45, 2.75) is 31.3 Å². The van der Waals surface area contributed by atoms with Crippen molar-refractivity contribution in [1.82, 2.24) is 9.80 Å². The lowest BCUT2D eigenvalue weighted by Gasteiger charge is -2.51. The van der Waals surface area contributed by atoms with Crippen LogP contribution in [0.5, 0.6) is 17.2 Å². The SMILES string of the molecule is COc1cc(C[C@H]2CN3C(=O)c4ccccc4[C@H](c4ccccc4)[C@H]3CN2C(C)=O)cc2c1OCO2. The van der Waals surface area contributed by atoms with E-state index >= 15 is 0 Å². The molecule has 3 aromatic rings. The average molecular weight is 485 g/mol. The van der Waals surface area contributed by atoms with Gasteiger partial charge in [-0.2, -0.15) is 0 Å². The lowest BCUT2D eigenvalue weighted by Crippen LogP contribution is -2.64. The normalized spacial score (nSPS) is 22.2. The third-order valence-corrected chi connectivity index (χ3v) is 7.56. The number of amides is 2. The Balaban J connectivity index is 1.38. The first-order chi connectivity index (χ1) is 17.5. The van der Waals surface area contributed by atoms with E-state index in [1.807, 2.05) is 64.4 Å². The van der Waals surface area contributed by atoms with Gasteiger partial charge in [0.1, 0.15) is 0 Å². The quantitative estimate of drug-likeness (QED) is 0.563. The molecule has 3 aromatic carbocycles. The summed E-state index contributed by atoms with van der Waals surface area (Å²) in [5, 5.41) is 0. The number of fused-ring (bicyclic) bond motifs is 3. The predicted molar refractivity (Wildman–Crippen MR) is 134 cm³/mol. The van der Waals surface area contributed by atoms with Crippen molar-refractivity contribution in [1.29, 1.82) is 0 Å². The molecule has 0 radical (unpaired) electrons. The maximum Gasteiger partial charge on any atom is 0.254 e. The van der Waals surface area contributed by atoms with Gasteiger partial charge in [0, 0.05) is 31.5 Å². The van der Waals surface area contributed by atoms with Crippen LogP contribution in [-0.2, 0) is 11.2 Å². The molecule has 36 heavy (non-hydrogen) atoms. The van der Waals surface area contributed by atoms with Crippen LogP contribution in [0.3, 0.4) is 0 Å². The largest absolute Gasteiger partial charge is 0.493 e. The van der Waals surface area contributed by atoms with E-state index in [0.717, 1.165) is 22.3 Å². The van der Waals surface area contributed by atoms with Crippen LogP contribution in [-0.4, -0.2) is 60.7 Å². The summed E-state index contributed by atoms with van der Waals surface area (Å²) in [5.74, 6) is 1.87. The molecule has 3 heterocycles. The Labute approximate surface area is 210 Å². The second kappa shape index (κ2) is 8.90. The highest BCUT2D eigenvalue weighted by Crippen LogP contribution is 2.43. The first-order valence-electron chi connectivity index (χ1n) is 12.2. The van der Waals surface area contributed by atoms with Crippen LogP contribution in [0.4, 0.5) is 0 Å². The van der Waals surface area contributed by atoms with Crippen LogP contribution < -0.4 is 14.2 Å². The number of methoxy groups -OCH3 is 1. The van der Waals surface area contributed by atoms with Crippen molar-refractivity contribution in [3.05, 3.63) is 89.0 Å². The highest BCUT2D eigenvalue weighted by Gasteiger charge is 2.46. The van der Waals surface area contributed by atoms with Crippen LogP contribution in [0, 0.1) is 0 Å². The van der Waals surface area contributed by atoms with E-state index in [-0.39, 0.29) is 36.6 Å². The van der Waals surface area contributed by atoms with Crippen molar-refractivity contribution in [2.24, 2.45) is 0 Å². The Bertz CT molecular complexity index is 1320. The van der Waals surface area contributed by atoms with Gasteiger partial charge in [-0.05, 0) is 41.3 Å². The first kappa shape index (κ1) is 22.5. The van der Waals surface area contributed by atoms with Crippen molar-refractivity contribution in [3.8, 4) is 17.2 Å². The molecule has 0 aromatic heterocycles. The minimum Gasteiger partial charge on any atom is -0.493 e. The van der Waals surface area contributed by atoms with Crippen LogP contribution in [0.1, 0.15) is 39.9 Å². The third-order valence-electron chi connectivity index (χ3n) is 7.56. The van der Waals surface area contributed by atoms with Gasteiger partial charge in [0.2, 0.25) is 18.4 Å². The Kier molecular flexibility index (Phi) is 5.55. The van der Waals surface area contributed by atoms with E-state index in [1.54, 1.807) is 14.0 Å². The van der Waals surface area contributed by atoms with E-state index in [0.29, 0.717) is 36.8 Å². The van der Waals surface area contributed by atoms with E-state index < -0.39 is 0 Å². The van der Waals surface area contributed by atoms with E-state index in [9.17, 15) is 9.59 Å². The summed E-state index contributed by atoms with van der Waals surface area (Å²) in [6, 6.07) is 21.7. The number of nitrogens with zero attached hydrogens (tertiary/aromatic N) is 2. The maximum absolute atomic E-state index is 13.7. The van der Waals surface area contributed by atoms with Crippen molar-refractivity contribution in [3.63, 3.8) is 0 Å². The number of hydrogen-bond donors (Lipinski definition) is 0. The number of hydrogen-bond acceptors (Lipinski definition) is 5. The van der Waals surface area contributed by atoms with Crippen molar-refractivity contribution >= 4 is 11.8 Å². The molecule has 1 fully saturated rings. The van der Waals surface area contributed by atoms with Crippen LogP contribution in [0.2, 0.25) is 0 Å². The summed E-state index contributed by atoms with van der Waals surface area (Å²) in [5.41, 5.74) is 3.88. The predicted octanol–water partition coefficient (Wildman–Crippen LogP) is 3.85. The number of rotatable bonds is 4. The summed E-state index contributed by atoms with van der Waals surface area (Å²) in [7, 11) is 1.60. The average Bonchev–Trinajstić information content (AvgIpc) is 3.38. The van der Waals surface area contributed by atoms with Crippen LogP contribution in [0.25, 0.3) is 0 Å². The van der Waals surface area contributed by atoms with E-state index in [4.69, 9.17) is 14.2 Å². The molecule has 0 unspecified atom stereocenters. The van der Waals surface area contributed by atoms with E-state index in [2.05, 4.69) is 12.1 Å². The molecule has 0 aliphatic carbocycles. The zero-order chi connectivity index (χ0) is 24.8. The van der Waals surface area contributed by atoms with Gasteiger partial charge in [-0.15, -0.1) is 0 Å². The second-order valence-corrected chi connectivity index (χ2v) is 9.56. The molecule has 2 amide bonds. The number of carbonyl (C=O) groups excluding carboxylic acids is 2. The minimum absolute atomic E-state index is 0.00507. The van der Waals surface area contributed by atoms with Gasteiger partial charge < -0.3 is 24.0 Å². The van der Waals surface area contributed by atoms with Gasteiger partial charge in [-0.25, -0.2) is 0 Å². The molecular weight excluding hydrogens is 456 g/mol. The number of benzene rings is 3. The topological polar surface area (TPSA) is 68.3 Å². The van der Waals surface area contributed by atoms with Crippen molar-refractivity contribution in [2.75, 3.05) is 27.0 Å². The second-order valence-electron chi connectivity index (χ2n) is 9.56. The zero-order valence-electron chi connectivity index (χ0n) is 20.3. The highest BCUT2D eigenvalue weighted by molar-refractivity contribution is 5.98.